The Hall–Kier alpha value is -2.65. The van der Waals surface area contributed by atoms with E-state index in [4.69, 9.17) is 4.74 Å². The number of benzene rings is 2. The highest BCUT2D eigenvalue weighted by Gasteiger charge is 2.22. The lowest BCUT2D eigenvalue weighted by Crippen LogP contribution is -2.48. The second-order valence-corrected chi connectivity index (χ2v) is 9.69. The van der Waals surface area contributed by atoms with Crippen LogP contribution >= 0.6 is 23.5 Å². The molecule has 0 aromatic heterocycles. The van der Waals surface area contributed by atoms with Crippen molar-refractivity contribution in [1.82, 2.24) is 4.90 Å². The zero-order valence-electron chi connectivity index (χ0n) is 18.0. The van der Waals surface area contributed by atoms with Crippen LogP contribution in [-0.2, 0) is 4.79 Å². The smallest absolute Gasteiger partial charge is 0.253 e. The van der Waals surface area contributed by atoms with E-state index < -0.39 is 0 Å². The molecule has 2 aliphatic heterocycles. The average molecular weight is 471 g/mol. The van der Waals surface area contributed by atoms with E-state index in [0.717, 1.165) is 46.9 Å². The van der Waals surface area contributed by atoms with Crippen LogP contribution in [0.25, 0.3) is 0 Å². The van der Waals surface area contributed by atoms with Gasteiger partial charge in [0.05, 0.1) is 19.4 Å². The maximum Gasteiger partial charge on any atom is 0.253 e. The summed E-state index contributed by atoms with van der Waals surface area (Å²) in [7, 11) is 1.61. The number of rotatable bonds is 6. The lowest BCUT2D eigenvalue weighted by molar-refractivity contribution is -0.113. The van der Waals surface area contributed by atoms with Gasteiger partial charge in [0.15, 0.2) is 0 Å². The predicted molar refractivity (Wildman–Crippen MR) is 133 cm³/mol. The number of methoxy groups -OCH3 is 1. The van der Waals surface area contributed by atoms with E-state index in [1.807, 2.05) is 41.3 Å². The van der Waals surface area contributed by atoms with E-state index in [0.29, 0.717) is 24.4 Å². The number of ether oxygens (including phenoxy) is 1. The normalized spacial score (nSPS) is 16.0. The van der Waals surface area contributed by atoms with Gasteiger partial charge >= 0.3 is 0 Å². The van der Waals surface area contributed by atoms with Gasteiger partial charge in [-0.3, -0.25) is 14.6 Å². The first kappa shape index (κ1) is 22.5. The molecule has 9 heteroatoms. The highest BCUT2D eigenvalue weighted by molar-refractivity contribution is 8.39. The largest absolute Gasteiger partial charge is 0.497 e. The summed E-state index contributed by atoms with van der Waals surface area (Å²) in [5.41, 5.74) is 2.55. The van der Waals surface area contributed by atoms with Gasteiger partial charge in [-0.2, -0.15) is 0 Å². The molecule has 2 aromatic carbocycles. The molecule has 1 fully saturated rings. The summed E-state index contributed by atoms with van der Waals surface area (Å²) in [5, 5.41) is 2.94. The van der Waals surface area contributed by atoms with Gasteiger partial charge in [0, 0.05) is 48.9 Å². The van der Waals surface area contributed by atoms with Crippen molar-refractivity contribution < 1.29 is 14.3 Å². The van der Waals surface area contributed by atoms with Crippen molar-refractivity contribution in [2.75, 3.05) is 61.6 Å². The molecule has 168 valence electrons. The highest BCUT2D eigenvalue weighted by atomic mass is 32.2. The molecule has 0 radical (unpaired) electrons. The molecule has 0 aliphatic carbocycles. The third-order valence-corrected chi connectivity index (χ3v) is 7.56. The zero-order chi connectivity index (χ0) is 22.3. The summed E-state index contributed by atoms with van der Waals surface area (Å²) >= 11 is 3.20. The number of hydrogen-bond donors (Lipinski definition) is 1. The minimum atomic E-state index is -0.0244. The van der Waals surface area contributed by atoms with Crippen LogP contribution in [0.1, 0.15) is 10.4 Å². The summed E-state index contributed by atoms with van der Waals surface area (Å²) in [5.74, 6) is 2.15. The van der Waals surface area contributed by atoms with Crippen molar-refractivity contribution >= 4 is 51.1 Å². The number of anilines is 2. The molecule has 0 bridgehead atoms. The monoisotopic (exact) mass is 470 g/mol. The zero-order valence-corrected chi connectivity index (χ0v) is 19.6. The number of piperazine rings is 1. The molecular weight excluding hydrogens is 444 g/mol. The van der Waals surface area contributed by atoms with Gasteiger partial charge < -0.3 is 19.9 Å². The summed E-state index contributed by atoms with van der Waals surface area (Å²) < 4.78 is 6.16. The molecule has 0 unspecified atom stereocenters. The summed E-state index contributed by atoms with van der Waals surface area (Å²) in [4.78, 5) is 33.4. The van der Waals surface area contributed by atoms with Crippen LogP contribution in [-0.4, -0.2) is 72.4 Å². The van der Waals surface area contributed by atoms with Crippen LogP contribution in [0.2, 0.25) is 0 Å². The number of hydrogen-bond acceptors (Lipinski definition) is 7. The molecule has 0 saturated carbocycles. The Labute approximate surface area is 196 Å². The van der Waals surface area contributed by atoms with E-state index in [1.54, 1.807) is 31.0 Å². The number of nitrogens with zero attached hydrogens (tertiary/aromatic N) is 3. The molecule has 2 aliphatic rings. The van der Waals surface area contributed by atoms with Crippen LogP contribution < -0.4 is 15.0 Å². The first-order chi connectivity index (χ1) is 15.6. The van der Waals surface area contributed by atoms with Crippen LogP contribution in [0.5, 0.6) is 5.75 Å². The molecule has 32 heavy (non-hydrogen) atoms. The van der Waals surface area contributed by atoms with Crippen molar-refractivity contribution in [3.8, 4) is 5.75 Å². The van der Waals surface area contributed by atoms with Gasteiger partial charge in [-0.15, -0.1) is 0 Å². The molecule has 0 spiro atoms. The maximum absolute atomic E-state index is 12.7. The van der Waals surface area contributed by atoms with Gasteiger partial charge in [-0.05, 0) is 48.5 Å². The fourth-order valence-corrected chi connectivity index (χ4v) is 5.38. The van der Waals surface area contributed by atoms with Gasteiger partial charge in [0.2, 0.25) is 5.91 Å². The SMILES string of the molecule is COc1ccc(C(=O)N2CCN(c3ccc(NC(=O)CSC4=NCCS4)cc3)CC2)cc1. The quantitative estimate of drug-likeness (QED) is 0.697. The molecular formula is C23H26N4O3S2. The third kappa shape index (κ3) is 5.77. The summed E-state index contributed by atoms with van der Waals surface area (Å²) in [6.07, 6.45) is 0. The molecule has 7 nitrogen and oxygen atoms in total. The van der Waals surface area contributed by atoms with Crippen LogP contribution in [0, 0.1) is 0 Å². The number of carbonyl (C=O) groups is 2. The highest BCUT2D eigenvalue weighted by Crippen LogP contribution is 2.23. The third-order valence-electron chi connectivity index (χ3n) is 5.30. The molecule has 2 heterocycles. The molecule has 1 N–H and O–H groups in total. The Bertz CT molecular complexity index is 972. The standard InChI is InChI=1S/C23H26N4O3S2/c1-30-20-8-2-17(3-9-20)22(29)27-13-11-26(12-14-27)19-6-4-18(5-7-19)25-21(28)16-32-23-24-10-15-31-23/h2-9H,10-16H2,1H3,(H,25,28). The molecule has 4 rings (SSSR count). The molecule has 1 saturated heterocycles. The topological polar surface area (TPSA) is 74.2 Å². The fraction of sp³-hybridized carbons (Fsp3) is 0.348. The van der Waals surface area contributed by atoms with Crippen molar-refractivity contribution in [2.45, 2.75) is 0 Å². The average Bonchev–Trinajstić information content (AvgIpc) is 3.37. The number of thioether (sulfide) groups is 2. The van der Waals surface area contributed by atoms with Gasteiger partial charge in [0.1, 0.15) is 10.1 Å². The van der Waals surface area contributed by atoms with E-state index in [-0.39, 0.29) is 11.8 Å². The van der Waals surface area contributed by atoms with Crippen molar-refractivity contribution in [3.05, 3.63) is 54.1 Å². The summed E-state index contributed by atoms with van der Waals surface area (Å²) in [6.45, 7) is 3.72. The molecule has 2 aromatic rings. The van der Waals surface area contributed by atoms with Crippen LogP contribution in [0.4, 0.5) is 11.4 Å². The number of aliphatic imine (C=N–C) groups is 1. The maximum atomic E-state index is 12.7. The van der Waals surface area contributed by atoms with Gasteiger partial charge in [-0.25, -0.2) is 0 Å². The predicted octanol–water partition coefficient (Wildman–Crippen LogP) is 3.43. The van der Waals surface area contributed by atoms with Gasteiger partial charge in [-0.1, -0.05) is 23.5 Å². The second kappa shape index (κ2) is 10.8. The van der Waals surface area contributed by atoms with E-state index in [1.165, 1.54) is 11.8 Å². The minimum absolute atomic E-state index is 0.0244. The van der Waals surface area contributed by atoms with Crippen LogP contribution in [0.3, 0.4) is 0 Å². The van der Waals surface area contributed by atoms with Crippen molar-refractivity contribution in [2.24, 2.45) is 4.99 Å². The Morgan fingerprint density at radius 3 is 2.41 bits per heavy atom. The number of amides is 2. The molecule has 2 amide bonds. The lowest BCUT2D eigenvalue weighted by atomic mass is 10.1. The summed E-state index contributed by atoms with van der Waals surface area (Å²) in [6, 6.07) is 15.1. The minimum Gasteiger partial charge on any atom is -0.497 e. The number of nitrogens with one attached hydrogen (secondary N) is 1. The van der Waals surface area contributed by atoms with Crippen LogP contribution in [0.15, 0.2) is 53.5 Å². The Morgan fingerprint density at radius 2 is 1.78 bits per heavy atom. The second-order valence-electron chi connectivity index (χ2n) is 7.39. The molecule has 0 atom stereocenters. The van der Waals surface area contributed by atoms with Crippen molar-refractivity contribution in [1.29, 1.82) is 0 Å². The van der Waals surface area contributed by atoms with E-state index >= 15 is 0 Å². The Kier molecular flexibility index (Phi) is 7.59. The first-order valence-corrected chi connectivity index (χ1v) is 12.5. The first-order valence-electron chi connectivity index (χ1n) is 10.5. The van der Waals surface area contributed by atoms with E-state index in [2.05, 4.69) is 15.2 Å². The Morgan fingerprint density at radius 1 is 1.06 bits per heavy atom. The van der Waals surface area contributed by atoms with E-state index in [9.17, 15) is 9.59 Å². The Balaban J connectivity index is 1.25. The fourth-order valence-electron chi connectivity index (χ4n) is 3.57. The number of carbonyl (C=O) groups excluding carboxylic acids is 2. The van der Waals surface area contributed by atoms with Gasteiger partial charge in [0.25, 0.3) is 5.91 Å². The van der Waals surface area contributed by atoms with Crippen molar-refractivity contribution in [3.63, 3.8) is 0 Å². The lowest BCUT2D eigenvalue weighted by Gasteiger charge is -2.36.